The second kappa shape index (κ2) is 6.96. The average molecular weight is 335 g/mol. The third kappa shape index (κ3) is 4.32. The van der Waals surface area contributed by atoms with Crippen molar-refractivity contribution >= 4 is 22.4 Å². The topological polar surface area (TPSA) is 81.4 Å². The molecule has 1 saturated carbocycles. The van der Waals surface area contributed by atoms with Gasteiger partial charge in [0.15, 0.2) is 0 Å². The van der Waals surface area contributed by atoms with Crippen LogP contribution in [-0.4, -0.2) is 27.1 Å². The molecule has 0 heterocycles. The summed E-state index contributed by atoms with van der Waals surface area (Å²) in [4.78, 5) is 0.237. The van der Waals surface area contributed by atoms with Crippen LogP contribution in [-0.2, 0) is 10.0 Å². The molecule has 0 bridgehead atoms. The summed E-state index contributed by atoms with van der Waals surface area (Å²) in [5, 5.41) is 0. The lowest BCUT2D eigenvalue weighted by molar-refractivity contribution is 0.340. The Labute approximate surface area is 132 Å². The van der Waals surface area contributed by atoms with Crippen LogP contribution in [0.2, 0.25) is 0 Å². The highest BCUT2D eigenvalue weighted by Crippen LogP contribution is 2.39. The Morgan fingerprint density at radius 3 is 2.33 bits per heavy atom. The fourth-order valence-electron chi connectivity index (χ4n) is 2.26. The molecule has 1 aromatic rings. The number of sulfonamides is 1. The van der Waals surface area contributed by atoms with Crippen molar-refractivity contribution in [3.05, 3.63) is 24.3 Å². The van der Waals surface area contributed by atoms with Crippen molar-refractivity contribution in [3.63, 3.8) is 0 Å². The highest BCUT2D eigenvalue weighted by atomic mass is 35.5. The van der Waals surface area contributed by atoms with E-state index in [9.17, 15) is 8.42 Å². The number of benzene rings is 1. The van der Waals surface area contributed by atoms with Gasteiger partial charge in [0.1, 0.15) is 5.75 Å². The van der Waals surface area contributed by atoms with Gasteiger partial charge in [-0.2, -0.15) is 0 Å². The molecule has 0 amide bonds. The van der Waals surface area contributed by atoms with Gasteiger partial charge in [-0.3, -0.25) is 0 Å². The molecule has 0 radical (unpaired) electrons. The van der Waals surface area contributed by atoms with E-state index in [1.54, 1.807) is 24.3 Å². The standard InChI is InChI=1S/C14H22N2O3S.ClH/c1-3-19-12-6-8-13(9-7-12)20(17,18)16-14(2,10-15)11-4-5-11;/h6-9,11,16H,3-5,10,15H2,1-2H3;1H. The third-order valence-electron chi connectivity index (χ3n) is 3.71. The number of hydrogen-bond donors (Lipinski definition) is 2. The van der Waals surface area contributed by atoms with Gasteiger partial charge in [-0.05, 0) is 56.9 Å². The van der Waals surface area contributed by atoms with Crippen LogP contribution in [0.4, 0.5) is 0 Å². The van der Waals surface area contributed by atoms with Crippen molar-refractivity contribution in [3.8, 4) is 5.75 Å². The van der Waals surface area contributed by atoms with E-state index in [1.807, 2.05) is 13.8 Å². The zero-order valence-electron chi connectivity index (χ0n) is 12.3. The molecule has 0 aromatic heterocycles. The summed E-state index contributed by atoms with van der Waals surface area (Å²) in [6.07, 6.45) is 2.05. The zero-order chi connectivity index (χ0) is 14.8. The Morgan fingerprint density at radius 1 is 1.33 bits per heavy atom. The molecular weight excluding hydrogens is 312 g/mol. The molecule has 21 heavy (non-hydrogen) atoms. The SMILES string of the molecule is CCOc1ccc(S(=O)(=O)NC(C)(CN)C2CC2)cc1.Cl. The van der Waals surface area contributed by atoms with Crippen LogP contribution in [0.15, 0.2) is 29.2 Å². The van der Waals surface area contributed by atoms with Crippen molar-refractivity contribution in [1.29, 1.82) is 0 Å². The van der Waals surface area contributed by atoms with Crippen LogP contribution in [0.3, 0.4) is 0 Å². The first-order valence-electron chi connectivity index (χ1n) is 6.88. The van der Waals surface area contributed by atoms with Crippen molar-refractivity contribution in [1.82, 2.24) is 4.72 Å². The van der Waals surface area contributed by atoms with Gasteiger partial charge >= 0.3 is 0 Å². The van der Waals surface area contributed by atoms with Crippen LogP contribution in [0.25, 0.3) is 0 Å². The molecular formula is C14H23ClN2O3S. The van der Waals surface area contributed by atoms with Gasteiger partial charge in [0.25, 0.3) is 0 Å². The molecule has 3 N–H and O–H groups in total. The Morgan fingerprint density at radius 2 is 1.90 bits per heavy atom. The molecule has 0 spiro atoms. The summed E-state index contributed by atoms with van der Waals surface area (Å²) in [5.41, 5.74) is 5.19. The van der Waals surface area contributed by atoms with Crippen LogP contribution in [0, 0.1) is 5.92 Å². The van der Waals surface area contributed by atoms with Crippen LogP contribution < -0.4 is 15.2 Å². The Hall–Kier alpha value is -0.820. The highest BCUT2D eigenvalue weighted by Gasteiger charge is 2.43. The highest BCUT2D eigenvalue weighted by molar-refractivity contribution is 7.89. The lowest BCUT2D eigenvalue weighted by Gasteiger charge is -2.29. The smallest absolute Gasteiger partial charge is 0.241 e. The number of ether oxygens (including phenoxy) is 1. The van der Waals surface area contributed by atoms with Crippen molar-refractivity contribution in [2.24, 2.45) is 11.7 Å². The molecule has 1 atom stereocenters. The normalized spacial score (nSPS) is 17.7. The predicted octanol–water partition coefficient (Wildman–Crippen LogP) is 1.91. The molecule has 120 valence electrons. The number of nitrogens with one attached hydrogen (secondary N) is 1. The second-order valence-corrected chi connectivity index (χ2v) is 7.09. The summed E-state index contributed by atoms with van der Waals surface area (Å²) in [6, 6.07) is 6.43. The number of halogens is 1. The maximum Gasteiger partial charge on any atom is 0.241 e. The fourth-order valence-corrected chi connectivity index (χ4v) is 3.74. The first-order valence-corrected chi connectivity index (χ1v) is 8.36. The summed E-state index contributed by atoms with van der Waals surface area (Å²) in [5.74, 6) is 1.00. The molecule has 5 nitrogen and oxygen atoms in total. The Kier molecular flexibility index (Phi) is 6.04. The van der Waals surface area contributed by atoms with Crippen molar-refractivity contribution in [2.45, 2.75) is 37.1 Å². The lowest BCUT2D eigenvalue weighted by Crippen LogP contribution is -2.52. The van der Waals surface area contributed by atoms with Gasteiger partial charge in [-0.15, -0.1) is 12.4 Å². The van der Waals surface area contributed by atoms with Gasteiger partial charge in [0, 0.05) is 12.1 Å². The largest absolute Gasteiger partial charge is 0.494 e. The van der Waals surface area contributed by atoms with Crippen molar-refractivity contribution in [2.75, 3.05) is 13.2 Å². The summed E-state index contributed by atoms with van der Waals surface area (Å²) in [7, 11) is -3.55. The van der Waals surface area contributed by atoms with Gasteiger partial charge < -0.3 is 10.5 Å². The minimum Gasteiger partial charge on any atom is -0.494 e. The van der Waals surface area contributed by atoms with E-state index in [0.29, 0.717) is 24.8 Å². The Bertz CT molecular complexity index is 558. The average Bonchev–Trinajstić information content (AvgIpc) is 3.24. The van der Waals surface area contributed by atoms with Gasteiger partial charge in [0.05, 0.1) is 11.5 Å². The van der Waals surface area contributed by atoms with E-state index >= 15 is 0 Å². The molecule has 2 rings (SSSR count). The molecule has 1 fully saturated rings. The van der Waals surface area contributed by atoms with Crippen LogP contribution >= 0.6 is 12.4 Å². The van der Waals surface area contributed by atoms with E-state index in [2.05, 4.69) is 4.72 Å². The van der Waals surface area contributed by atoms with Gasteiger partial charge in [-0.25, -0.2) is 13.1 Å². The van der Waals surface area contributed by atoms with Crippen molar-refractivity contribution < 1.29 is 13.2 Å². The zero-order valence-corrected chi connectivity index (χ0v) is 14.0. The van der Waals surface area contributed by atoms with E-state index < -0.39 is 15.6 Å². The van der Waals surface area contributed by atoms with Crippen LogP contribution in [0.5, 0.6) is 5.75 Å². The quantitative estimate of drug-likeness (QED) is 0.798. The molecule has 7 heteroatoms. The minimum absolute atomic E-state index is 0. The van der Waals surface area contributed by atoms with Gasteiger partial charge in [0.2, 0.25) is 10.0 Å². The van der Waals surface area contributed by atoms with E-state index in [0.717, 1.165) is 12.8 Å². The molecule has 1 aliphatic rings. The third-order valence-corrected chi connectivity index (χ3v) is 5.34. The molecule has 0 aliphatic heterocycles. The van der Waals surface area contributed by atoms with E-state index in [-0.39, 0.29) is 17.3 Å². The molecule has 1 aliphatic carbocycles. The Balaban J connectivity index is 0.00000220. The molecule has 1 unspecified atom stereocenters. The monoisotopic (exact) mass is 334 g/mol. The maximum atomic E-state index is 12.4. The molecule has 1 aromatic carbocycles. The van der Waals surface area contributed by atoms with E-state index in [1.165, 1.54) is 0 Å². The first kappa shape index (κ1) is 18.2. The minimum atomic E-state index is -3.55. The fraction of sp³-hybridized carbons (Fsp3) is 0.571. The second-order valence-electron chi connectivity index (χ2n) is 5.41. The summed E-state index contributed by atoms with van der Waals surface area (Å²) in [6.45, 7) is 4.61. The maximum absolute atomic E-state index is 12.4. The number of nitrogens with two attached hydrogens (primary N) is 1. The lowest BCUT2D eigenvalue weighted by atomic mass is 9.98. The number of rotatable bonds is 7. The molecule has 0 saturated heterocycles. The van der Waals surface area contributed by atoms with E-state index in [4.69, 9.17) is 10.5 Å². The number of hydrogen-bond acceptors (Lipinski definition) is 4. The predicted molar refractivity (Wildman–Crippen MR) is 85.4 cm³/mol. The summed E-state index contributed by atoms with van der Waals surface area (Å²) < 4.78 is 32.9. The van der Waals surface area contributed by atoms with Gasteiger partial charge in [-0.1, -0.05) is 0 Å². The summed E-state index contributed by atoms with van der Waals surface area (Å²) >= 11 is 0. The van der Waals surface area contributed by atoms with Crippen LogP contribution in [0.1, 0.15) is 26.7 Å². The first-order chi connectivity index (χ1) is 9.41.